The molecular formula is C49H28O3. The normalized spacial score (nSPS) is 8.31. The molecule has 0 atom stereocenters. The van der Waals surface area contributed by atoms with E-state index >= 15 is 0 Å². The molecule has 0 aliphatic heterocycles. The second kappa shape index (κ2) is 21.3. The van der Waals surface area contributed by atoms with Crippen LogP contribution in [0, 0.1) is 111 Å². The Kier molecular flexibility index (Phi) is 16.2. The lowest BCUT2D eigenvalue weighted by molar-refractivity contribution is 0.0696. The number of rotatable bonds is 1. The van der Waals surface area contributed by atoms with Gasteiger partial charge in [-0.2, -0.15) is 0 Å². The molecule has 3 nitrogen and oxygen atoms in total. The third kappa shape index (κ3) is 13.6. The van der Waals surface area contributed by atoms with Gasteiger partial charge in [0.2, 0.25) is 0 Å². The van der Waals surface area contributed by atoms with Crippen LogP contribution in [0.5, 0.6) is 5.75 Å². The third-order valence-corrected chi connectivity index (χ3v) is 6.35. The van der Waals surface area contributed by atoms with Crippen LogP contribution in [0.2, 0.25) is 0 Å². The maximum absolute atomic E-state index is 10.6. The fourth-order valence-corrected chi connectivity index (χ4v) is 3.93. The molecule has 52 heavy (non-hydrogen) atoms. The number of aromatic hydroxyl groups is 1. The largest absolute Gasteiger partial charge is 0.508 e. The first-order chi connectivity index (χ1) is 25.1. The Hall–Kier alpha value is -8.59. The maximum Gasteiger partial charge on any atom is 0.335 e. The predicted octanol–water partition coefficient (Wildman–Crippen LogP) is 7.40. The summed E-state index contributed by atoms with van der Waals surface area (Å²) < 4.78 is 0. The van der Waals surface area contributed by atoms with E-state index in [1.165, 1.54) is 24.3 Å². The minimum absolute atomic E-state index is 0.105. The van der Waals surface area contributed by atoms with Crippen molar-refractivity contribution in [1.29, 1.82) is 0 Å². The van der Waals surface area contributed by atoms with E-state index in [1.807, 2.05) is 60.7 Å². The van der Waals surface area contributed by atoms with Gasteiger partial charge in [0.1, 0.15) is 5.75 Å². The number of hydrogen-bond donors (Lipinski definition) is 2. The molecule has 0 aliphatic rings. The molecule has 0 spiro atoms. The van der Waals surface area contributed by atoms with Crippen molar-refractivity contribution in [2.24, 2.45) is 0 Å². The van der Waals surface area contributed by atoms with Crippen LogP contribution in [0.15, 0.2) is 109 Å². The Bertz CT molecular complexity index is 2350. The lowest BCUT2D eigenvalue weighted by Gasteiger charge is -1.97. The number of phenols is 1. The van der Waals surface area contributed by atoms with E-state index in [0.29, 0.717) is 22.3 Å². The highest BCUT2D eigenvalue weighted by atomic mass is 16.4. The number of aromatic carboxylic acids is 1. The van der Waals surface area contributed by atoms with Crippen molar-refractivity contribution in [3.63, 3.8) is 0 Å². The Balaban J connectivity index is 0.000000247. The topological polar surface area (TPSA) is 57.5 Å². The first kappa shape index (κ1) is 39.6. The number of carbonyl (C=O) groups is 1. The number of benzene rings is 5. The van der Waals surface area contributed by atoms with E-state index in [9.17, 15) is 4.79 Å². The Morgan fingerprint density at radius 2 is 0.692 bits per heavy atom. The van der Waals surface area contributed by atoms with Gasteiger partial charge in [-0.05, 0) is 84.9 Å². The molecule has 0 heterocycles. The highest BCUT2D eigenvalue weighted by molar-refractivity contribution is 5.88. The van der Waals surface area contributed by atoms with Crippen LogP contribution in [0.3, 0.4) is 0 Å². The van der Waals surface area contributed by atoms with Gasteiger partial charge in [-0.15, -0.1) is 51.4 Å². The number of carboxylic acids is 1. The molecule has 5 rings (SSSR count). The lowest BCUT2D eigenvalue weighted by Crippen LogP contribution is -1.97. The lowest BCUT2D eigenvalue weighted by atomic mass is 10.1. The Morgan fingerprint density at radius 1 is 0.385 bits per heavy atom. The minimum atomic E-state index is -1.03. The van der Waals surface area contributed by atoms with Gasteiger partial charge in [0.15, 0.2) is 0 Å². The molecule has 5 aromatic carbocycles. The van der Waals surface area contributed by atoms with Gasteiger partial charge < -0.3 is 10.2 Å². The quantitative estimate of drug-likeness (QED) is 0.184. The third-order valence-electron chi connectivity index (χ3n) is 6.35. The molecule has 0 radical (unpaired) electrons. The SMILES string of the molecule is C#Cc1cc(C#C)cc(C#Cc2ccccc2)c1.C#Cc1cc(C#C)cc(C(=O)O)c1.C#Cc1cc(O)cc(C#C)c1.C#Cc1cccc(C#C)c1. The molecule has 0 saturated heterocycles. The van der Waals surface area contributed by atoms with Crippen molar-refractivity contribution >= 4 is 5.97 Å². The van der Waals surface area contributed by atoms with Crippen molar-refractivity contribution in [2.45, 2.75) is 0 Å². The van der Waals surface area contributed by atoms with Gasteiger partial charge in [-0.1, -0.05) is 83.5 Å². The minimum Gasteiger partial charge on any atom is -0.508 e. The summed E-state index contributed by atoms with van der Waals surface area (Å²) >= 11 is 0. The summed E-state index contributed by atoms with van der Waals surface area (Å²) in [5.41, 5.74) is 7.23. The summed E-state index contributed by atoms with van der Waals surface area (Å²) in [4.78, 5) is 10.6. The highest BCUT2D eigenvalue weighted by Gasteiger charge is 2.04. The maximum atomic E-state index is 10.6. The monoisotopic (exact) mass is 664 g/mol. The van der Waals surface area contributed by atoms with Gasteiger partial charge in [0.05, 0.1) is 5.56 Å². The molecule has 3 heteroatoms. The first-order valence-corrected chi connectivity index (χ1v) is 14.9. The molecule has 0 aromatic heterocycles. The van der Waals surface area contributed by atoms with Crippen LogP contribution in [0.4, 0.5) is 0 Å². The number of phenolic OH excluding ortho intramolecular Hbond substituents is 1. The molecular weight excluding hydrogens is 637 g/mol. The summed E-state index contributed by atoms with van der Waals surface area (Å²) in [6, 6.07) is 31.7. The van der Waals surface area contributed by atoms with Crippen molar-refractivity contribution in [2.75, 3.05) is 0 Å². The van der Waals surface area contributed by atoms with Crippen molar-refractivity contribution in [3.05, 3.63) is 170 Å². The van der Waals surface area contributed by atoms with Gasteiger partial charge >= 0.3 is 5.97 Å². The summed E-state index contributed by atoms with van der Waals surface area (Å²) in [5.74, 6) is 24.8. The van der Waals surface area contributed by atoms with Crippen LogP contribution in [0.1, 0.15) is 66.0 Å². The summed E-state index contributed by atoms with van der Waals surface area (Å²) in [6.07, 6.45) is 41.6. The molecule has 0 aliphatic carbocycles. The zero-order valence-electron chi connectivity index (χ0n) is 27.8. The summed E-state index contributed by atoms with van der Waals surface area (Å²) in [5, 5.41) is 17.8. The number of carboxylic acid groups (broad SMARTS) is 1. The molecule has 0 fully saturated rings. The van der Waals surface area contributed by atoms with E-state index in [2.05, 4.69) is 59.2 Å². The Morgan fingerprint density at radius 3 is 1.08 bits per heavy atom. The second-order valence-electron chi connectivity index (χ2n) is 10.0. The van der Waals surface area contributed by atoms with Gasteiger partial charge in [0.25, 0.3) is 0 Å². The molecule has 0 amide bonds. The van der Waals surface area contributed by atoms with Crippen molar-refractivity contribution in [3.8, 4) is 116 Å². The van der Waals surface area contributed by atoms with Crippen molar-refractivity contribution < 1.29 is 15.0 Å². The average Bonchev–Trinajstić information content (AvgIpc) is 3.20. The van der Waals surface area contributed by atoms with Crippen molar-refractivity contribution in [1.82, 2.24) is 0 Å². The van der Waals surface area contributed by atoms with E-state index in [4.69, 9.17) is 61.6 Å². The van der Waals surface area contributed by atoms with Crippen LogP contribution >= 0.6 is 0 Å². The molecule has 0 bridgehead atoms. The van der Waals surface area contributed by atoms with E-state index in [-0.39, 0.29) is 11.3 Å². The number of terminal acetylenes is 8. The highest BCUT2D eigenvalue weighted by Crippen LogP contribution is 2.14. The van der Waals surface area contributed by atoms with Gasteiger partial charge in [-0.25, -0.2) is 4.79 Å². The van der Waals surface area contributed by atoms with Crippen LogP contribution < -0.4 is 0 Å². The second-order valence-corrected chi connectivity index (χ2v) is 10.0. The average molecular weight is 665 g/mol. The predicted molar refractivity (Wildman–Crippen MR) is 210 cm³/mol. The molecule has 242 valence electrons. The van der Waals surface area contributed by atoms with Crippen LogP contribution in [-0.4, -0.2) is 16.2 Å². The van der Waals surface area contributed by atoms with Gasteiger partial charge in [0, 0.05) is 55.6 Å². The van der Waals surface area contributed by atoms with E-state index < -0.39 is 5.97 Å². The zero-order valence-corrected chi connectivity index (χ0v) is 27.8. The van der Waals surface area contributed by atoms with Crippen LogP contribution in [-0.2, 0) is 0 Å². The summed E-state index contributed by atoms with van der Waals surface area (Å²) in [7, 11) is 0. The van der Waals surface area contributed by atoms with E-state index in [1.54, 1.807) is 24.3 Å². The summed E-state index contributed by atoms with van der Waals surface area (Å²) in [6.45, 7) is 0. The molecule has 0 saturated carbocycles. The zero-order chi connectivity index (χ0) is 38.3. The first-order valence-electron chi connectivity index (χ1n) is 14.9. The number of hydrogen-bond acceptors (Lipinski definition) is 2. The molecule has 5 aromatic rings. The fourth-order valence-electron chi connectivity index (χ4n) is 3.93. The van der Waals surface area contributed by atoms with Gasteiger partial charge in [-0.3, -0.25) is 0 Å². The molecule has 0 unspecified atom stereocenters. The standard InChI is InChI=1S/C18H10.C11H6O2.C10H6O.C10H6/c1-3-15-12-16(4-2)14-18(13-15)11-10-17-8-6-5-7-9-17;1-3-8-5-9(4-2)7-10(6-8)11(12)13;1-3-8-5-9(4-2)7-10(11)6-8;1-3-9-6-5-7-10(4-2)8-9/h1-2,5-9,12-14H;1-2,5-7H,(H,12,13);1-2,5-7,11H;1-2,5-8H. The van der Waals surface area contributed by atoms with E-state index in [0.717, 1.165) is 33.4 Å². The smallest absolute Gasteiger partial charge is 0.335 e. The fraction of sp³-hybridized carbons (Fsp3) is 0. The van der Waals surface area contributed by atoms with Crippen LogP contribution in [0.25, 0.3) is 0 Å². The Labute approximate surface area is 306 Å². The molecule has 2 N–H and O–H groups in total.